The molecule has 0 aliphatic carbocycles. The first-order chi connectivity index (χ1) is 11.7. The molecule has 122 valence electrons. The molecule has 4 rings (SSSR count). The molecule has 7 heteroatoms. The van der Waals surface area contributed by atoms with Gasteiger partial charge in [0.1, 0.15) is 5.69 Å². The first-order valence-corrected chi connectivity index (χ1v) is 7.38. The molecule has 0 bridgehead atoms. The third kappa shape index (κ3) is 2.05. The minimum Gasteiger partial charge on any atom is -0.493 e. The topological polar surface area (TPSA) is 89.4 Å². The molecule has 1 unspecified atom stereocenters. The number of ether oxygens (including phenoxy) is 2. The van der Waals surface area contributed by atoms with E-state index in [1.165, 1.54) is 0 Å². The number of aromatic amines is 1. The van der Waals surface area contributed by atoms with Crippen molar-refractivity contribution < 1.29 is 18.7 Å². The minimum atomic E-state index is -0.342. The van der Waals surface area contributed by atoms with Gasteiger partial charge in [0.25, 0.3) is 5.91 Å². The molecule has 1 aromatic carbocycles. The number of carbonyl (C=O) groups is 1. The van der Waals surface area contributed by atoms with E-state index in [-0.39, 0.29) is 11.9 Å². The van der Waals surface area contributed by atoms with Crippen LogP contribution in [0, 0.1) is 0 Å². The molecular formula is C17H15N3O4. The number of furan rings is 1. The van der Waals surface area contributed by atoms with Gasteiger partial charge in [0.05, 0.1) is 26.5 Å². The highest BCUT2D eigenvalue weighted by Gasteiger charge is 2.36. The monoisotopic (exact) mass is 325 g/mol. The van der Waals surface area contributed by atoms with E-state index < -0.39 is 0 Å². The van der Waals surface area contributed by atoms with E-state index in [2.05, 4.69) is 15.5 Å². The zero-order valence-electron chi connectivity index (χ0n) is 13.1. The standard InChI is InChI=1S/C17H15N3O4/c1-22-10-6-5-9(8-12(10)23-2)14-13-15(11-4-3-7-24-11)19-20-16(13)17(21)18-14/h3-8,14H,1-2H3,(H,18,21)(H,19,20). The molecule has 0 saturated carbocycles. The molecule has 1 aliphatic rings. The van der Waals surface area contributed by atoms with Gasteiger partial charge < -0.3 is 19.2 Å². The highest BCUT2D eigenvalue weighted by Crippen LogP contribution is 2.39. The molecule has 0 spiro atoms. The summed E-state index contributed by atoms with van der Waals surface area (Å²) in [6.45, 7) is 0. The number of fused-ring (bicyclic) bond motifs is 1. The van der Waals surface area contributed by atoms with Crippen LogP contribution in [0.2, 0.25) is 0 Å². The van der Waals surface area contributed by atoms with Crippen molar-refractivity contribution in [2.75, 3.05) is 14.2 Å². The number of methoxy groups -OCH3 is 2. The molecule has 24 heavy (non-hydrogen) atoms. The lowest BCUT2D eigenvalue weighted by atomic mass is 9.98. The molecule has 7 nitrogen and oxygen atoms in total. The van der Waals surface area contributed by atoms with Crippen LogP contribution in [0.3, 0.4) is 0 Å². The lowest BCUT2D eigenvalue weighted by molar-refractivity contribution is 0.0955. The normalized spacial score (nSPS) is 15.9. The van der Waals surface area contributed by atoms with E-state index in [1.807, 2.05) is 24.3 Å². The van der Waals surface area contributed by atoms with Crippen molar-refractivity contribution in [3.63, 3.8) is 0 Å². The number of hydrogen-bond donors (Lipinski definition) is 2. The Bertz CT molecular complexity index is 899. The molecule has 3 heterocycles. The van der Waals surface area contributed by atoms with E-state index in [0.717, 1.165) is 11.1 Å². The maximum absolute atomic E-state index is 12.2. The zero-order chi connectivity index (χ0) is 16.7. The second-order valence-corrected chi connectivity index (χ2v) is 5.36. The highest BCUT2D eigenvalue weighted by atomic mass is 16.5. The van der Waals surface area contributed by atoms with Gasteiger partial charge in [-0.1, -0.05) is 6.07 Å². The predicted molar refractivity (Wildman–Crippen MR) is 85.1 cm³/mol. The summed E-state index contributed by atoms with van der Waals surface area (Å²) >= 11 is 0. The van der Waals surface area contributed by atoms with Crippen LogP contribution in [0.1, 0.15) is 27.7 Å². The van der Waals surface area contributed by atoms with Crippen molar-refractivity contribution in [2.45, 2.75) is 6.04 Å². The summed E-state index contributed by atoms with van der Waals surface area (Å²) in [7, 11) is 3.16. The van der Waals surface area contributed by atoms with E-state index >= 15 is 0 Å². The zero-order valence-corrected chi connectivity index (χ0v) is 13.1. The Morgan fingerprint density at radius 1 is 1.17 bits per heavy atom. The van der Waals surface area contributed by atoms with Crippen LogP contribution in [0.4, 0.5) is 0 Å². The molecule has 2 N–H and O–H groups in total. The predicted octanol–water partition coefficient (Wildman–Crippen LogP) is 2.52. The van der Waals surface area contributed by atoms with Gasteiger partial charge in [0.15, 0.2) is 23.0 Å². The number of rotatable bonds is 4. The fourth-order valence-electron chi connectivity index (χ4n) is 2.97. The summed E-state index contributed by atoms with van der Waals surface area (Å²) in [5.74, 6) is 1.63. The molecule has 0 saturated heterocycles. The Morgan fingerprint density at radius 2 is 2.00 bits per heavy atom. The Balaban J connectivity index is 1.83. The summed E-state index contributed by atoms with van der Waals surface area (Å²) in [6, 6.07) is 8.81. The van der Waals surface area contributed by atoms with Crippen LogP contribution in [0.15, 0.2) is 41.0 Å². The number of benzene rings is 1. The molecule has 1 aliphatic heterocycles. The minimum absolute atomic E-state index is 0.223. The second-order valence-electron chi connectivity index (χ2n) is 5.36. The van der Waals surface area contributed by atoms with Crippen molar-refractivity contribution in [1.82, 2.24) is 15.5 Å². The largest absolute Gasteiger partial charge is 0.493 e. The van der Waals surface area contributed by atoms with Crippen LogP contribution >= 0.6 is 0 Å². The number of nitrogens with zero attached hydrogens (tertiary/aromatic N) is 1. The Morgan fingerprint density at radius 3 is 2.71 bits per heavy atom. The first kappa shape index (κ1) is 14.4. The molecule has 1 atom stereocenters. The number of aromatic nitrogens is 2. The average Bonchev–Trinajstić information content (AvgIpc) is 3.32. The molecule has 0 radical (unpaired) electrons. The Labute approximate surface area is 137 Å². The van der Waals surface area contributed by atoms with Crippen molar-refractivity contribution in [2.24, 2.45) is 0 Å². The van der Waals surface area contributed by atoms with Crippen LogP contribution in [-0.4, -0.2) is 30.3 Å². The van der Waals surface area contributed by atoms with Gasteiger partial charge in [-0.3, -0.25) is 9.89 Å². The third-order valence-electron chi connectivity index (χ3n) is 4.09. The first-order valence-electron chi connectivity index (χ1n) is 7.38. The number of nitrogens with one attached hydrogen (secondary N) is 2. The number of amides is 1. The van der Waals surface area contributed by atoms with Crippen LogP contribution in [-0.2, 0) is 0 Å². The van der Waals surface area contributed by atoms with Crippen molar-refractivity contribution in [1.29, 1.82) is 0 Å². The summed E-state index contributed by atoms with van der Waals surface area (Å²) in [6.07, 6.45) is 1.58. The summed E-state index contributed by atoms with van der Waals surface area (Å²) in [5.41, 5.74) is 2.70. The fourth-order valence-corrected chi connectivity index (χ4v) is 2.97. The maximum Gasteiger partial charge on any atom is 0.272 e. The van der Waals surface area contributed by atoms with Gasteiger partial charge in [0.2, 0.25) is 0 Å². The molecular weight excluding hydrogens is 310 g/mol. The van der Waals surface area contributed by atoms with Gasteiger partial charge in [0, 0.05) is 5.56 Å². The van der Waals surface area contributed by atoms with Gasteiger partial charge in [-0.25, -0.2) is 0 Å². The smallest absolute Gasteiger partial charge is 0.272 e. The van der Waals surface area contributed by atoms with Crippen LogP contribution in [0.25, 0.3) is 11.5 Å². The molecule has 2 aromatic heterocycles. The lowest BCUT2D eigenvalue weighted by Crippen LogP contribution is -2.21. The second kappa shape index (κ2) is 5.45. The van der Waals surface area contributed by atoms with E-state index in [4.69, 9.17) is 13.9 Å². The summed E-state index contributed by atoms with van der Waals surface area (Å²) in [5, 5.41) is 9.98. The average molecular weight is 325 g/mol. The van der Waals surface area contributed by atoms with Crippen molar-refractivity contribution >= 4 is 5.91 Å². The van der Waals surface area contributed by atoms with Gasteiger partial charge in [-0.2, -0.15) is 5.10 Å². The van der Waals surface area contributed by atoms with Gasteiger partial charge in [-0.05, 0) is 29.8 Å². The maximum atomic E-state index is 12.2. The van der Waals surface area contributed by atoms with E-state index in [1.54, 1.807) is 26.5 Å². The van der Waals surface area contributed by atoms with Crippen molar-refractivity contribution in [3.8, 4) is 23.0 Å². The van der Waals surface area contributed by atoms with Gasteiger partial charge in [-0.15, -0.1) is 0 Å². The van der Waals surface area contributed by atoms with Crippen LogP contribution in [0.5, 0.6) is 11.5 Å². The Hall–Kier alpha value is -3.22. The third-order valence-corrected chi connectivity index (χ3v) is 4.09. The molecule has 3 aromatic rings. The fraction of sp³-hybridized carbons (Fsp3) is 0.176. The van der Waals surface area contributed by atoms with Crippen LogP contribution < -0.4 is 14.8 Å². The quantitative estimate of drug-likeness (QED) is 0.769. The lowest BCUT2D eigenvalue weighted by Gasteiger charge is -2.15. The highest BCUT2D eigenvalue weighted by molar-refractivity contribution is 5.99. The molecule has 0 fully saturated rings. The number of carbonyl (C=O) groups excluding carboxylic acids is 1. The Kier molecular flexibility index (Phi) is 3.26. The van der Waals surface area contributed by atoms with E-state index in [0.29, 0.717) is 28.6 Å². The summed E-state index contributed by atoms with van der Waals surface area (Å²) in [4.78, 5) is 12.2. The van der Waals surface area contributed by atoms with Gasteiger partial charge >= 0.3 is 0 Å². The number of hydrogen-bond acceptors (Lipinski definition) is 5. The summed E-state index contributed by atoms with van der Waals surface area (Å²) < 4.78 is 16.1. The SMILES string of the molecule is COc1ccc(C2NC(=O)c3n[nH]c(-c4ccco4)c32)cc1OC. The van der Waals surface area contributed by atoms with Crippen molar-refractivity contribution in [3.05, 3.63) is 53.4 Å². The molecule has 1 amide bonds. The number of H-pyrrole nitrogens is 1. The van der Waals surface area contributed by atoms with E-state index in [9.17, 15) is 4.79 Å².